The van der Waals surface area contributed by atoms with Crippen LogP contribution < -0.4 is 10.2 Å². The first-order valence-electron chi connectivity index (χ1n) is 11.3. The third kappa shape index (κ3) is 6.51. The summed E-state index contributed by atoms with van der Waals surface area (Å²) in [5.41, 5.74) is 3.15. The third-order valence-corrected chi connectivity index (χ3v) is 5.51. The van der Waals surface area contributed by atoms with Gasteiger partial charge in [-0.15, -0.1) is 0 Å². The number of hydrogen-bond donors (Lipinski definition) is 2. The highest BCUT2D eigenvalue weighted by Crippen LogP contribution is 2.49. The highest BCUT2D eigenvalue weighted by molar-refractivity contribution is 5.96. The minimum Gasteiger partial charge on any atom is -0.481 e. The van der Waals surface area contributed by atoms with E-state index in [1.165, 1.54) is 12.4 Å². The van der Waals surface area contributed by atoms with Crippen molar-refractivity contribution in [1.82, 2.24) is 9.97 Å². The Hall–Kier alpha value is -3.47. The van der Waals surface area contributed by atoms with Crippen molar-refractivity contribution in [2.75, 3.05) is 23.3 Å². The van der Waals surface area contributed by atoms with Gasteiger partial charge in [0, 0.05) is 25.5 Å². The van der Waals surface area contributed by atoms with Crippen molar-refractivity contribution in [2.24, 2.45) is 17.8 Å². The van der Waals surface area contributed by atoms with Crippen LogP contribution in [0.4, 0.5) is 11.4 Å². The van der Waals surface area contributed by atoms with Crippen molar-refractivity contribution < 1.29 is 14.7 Å². The molecule has 0 radical (unpaired) electrons. The number of carbonyl (C=O) groups excluding carboxylic acids is 1. The fourth-order valence-corrected chi connectivity index (χ4v) is 4.03. The minimum absolute atomic E-state index is 0.0252. The van der Waals surface area contributed by atoms with Crippen molar-refractivity contribution in [2.45, 2.75) is 46.5 Å². The van der Waals surface area contributed by atoms with E-state index < -0.39 is 5.97 Å². The van der Waals surface area contributed by atoms with Gasteiger partial charge < -0.3 is 15.3 Å². The molecule has 0 bridgehead atoms. The Balaban J connectivity index is 1.88. The maximum absolute atomic E-state index is 12.9. The zero-order valence-corrected chi connectivity index (χ0v) is 19.6. The van der Waals surface area contributed by atoms with Gasteiger partial charge in [-0.1, -0.05) is 33.8 Å². The normalized spacial score (nSPS) is 17.0. The largest absolute Gasteiger partial charge is 0.481 e. The molecule has 1 saturated carbocycles. The highest BCUT2D eigenvalue weighted by Gasteiger charge is 2.44. The van der Waals surface area contributed by atoms with Crippen LogP contribution in [0.5, 0.6) is 0 Å². The molecule has 0 unspecified atom stereocenters. The first-order valence-corrected chi connectivity index (χ1v) is 11.3. The fourth-order valence-electron chi connectivity index (χ4n) is 4.03. The monoisotopic (exact) mass is 449 g/mol. The number of anilines is 2. The van der Waals surface area contributed by atoms with Crippen LogP contribution >= 0.6 is 0 Å². The Morgan fingerprint density at radius 3 is 2.33 bits per heavy atom. The summed E-state index contributed by atoms with van der Waals surface area (Å²) in [7, 11) is 0. The number of nitrogens with one attached hydrogen (secondary N) is 1. The van der Waals surface area contributed by atoms with Crippen molar-refractivity contribution >= 4 is 23.3 Å². The third-order valence-electron chi connectivity index (χ3n) is 5.51. The molecule has 3 rings (SSSR count). The van der Waals surface area contributed by atoms with Gasteiger partial charge in [-0.25, -0.2) is 9.97 Å². The molecule has 1 aromatic carbocycles. The van der Waals surface area contributed by atoms with Crippen LogP contribution in [0.15, 0.2) is 30.6 Å². The molecule has 0 spiro atoms. The lowest BCUT2D eigenvalue weighted by Crippen LogP contribution is -2.32. The minimum atomic E-state index is -0.781. The molecule has 1 fully saturated rings. The Morgan fingerprint density at radius 1 is 1.18 bits per heavy atom. The van der Waals surface area contributed by atoms with Gasteiger partial charge in [-0.2, -0.15) is 5.26 Å². The van der Waals surface area contributed by atoms with Gasteiger partial charge in [0.2, 0.25) is 11.7 Å². The molecule has 8 nitrogen and oxygen atoms in total. The van der Waals surface area contributed by atoms with Crippen molar-refractivity contribution in [3.05, 3.63) is 47.5 Å². The zero-order chi connectivity index (χ0) is 24.1. The second kappa shape index (κ2) is 10.4. The maximum atomic E-state index is 12.9. The van der Waals surface area contributed by atoms with E-state index in [1.807, 2.05) is 24.3 Å². The number of benzene rings is 1. The van der Waals surface area contributed by atoms with Gasteiger partial charge in [-0.05, 0) is 47.4 Å². The first-order chi connectivity index (χ1) is 15.7. The Kier molecular flexibility index (Phi) is 7.64. The first kappa shape index (κ1) is 24.2. The lowest BCUT2D eigenvalue weighted by Gasteiger charge is -2.31. The SMILES string of the molecule is CC(C)CN(CC(C)C)c1ccc([C@@H]2C[C@@H]2C(=O)O)cc1NC(=O)Cc1cnc(C#N)nc1. The number of carbonyl (C=O) groups is 2. The smallest absolute Gasteiger partial charge is 0.307 e. The number of carboxylic acids is 1. The number of rotatable bonds is 10. The summed E-state index contributed by atoms with van der Waals surface area (Å²) in [6.45, 7) is 10.3. The van der Waals surface area contributed by atoms with Crippen molar-refractivity contribution in [3.63, 3.8) is 0 Å². The predicted octanol–water partition coefficient (Wildman–Crippen LogP) is 3.84. The molecule has 174 valence electrons. The summed E-state index contributed by atoms with van der Waals surface area (Å²) < 4.78 is 0. The Morgan fingerprint density at radius 2 is 1.82 bits per heavy atom. The van der Waals surface area contributed by atoms with Crippen LogP contribution in [0, 0.1) is 29.1 Å². The van der Waals surface area contributed by atoms with Gasteiger partial charge in [0.1, 0.15) is 6.07 Å². The van der Waals surface area contributed by atoms with E-state index >= 15 is 0 Å². The average Bonchev–Trinajstić information content (AvgIpc) is 3.54. The average molecular weight is 450 g/mol. The molecule has 1 aliphatic rings. The number of aliphatic carboxylic acids is 1. The number of amides is 1. The number of nitrogens with zero attached hydrogens (tertiary/aromatic N) is 4. The molecule has 2 atom stereocenters. The van der Waals surface area contributed by atoms with E-state index in [2.05, 4.69) is 47.9 Å². The molecule has 1 heterocycles. The van der Waals surface area contributed by atoms with Crippen molar-refractivity contribution in [1.29, 1.82) is 5.26 Å². The van der Waals surface area contributed by atoms with E-state index in [0.29, 0.717) is 29.5 Å². The van der Waals surface area contributed by atoms with Gasteiger partial charge >= 0.3 is 5.97 Å². The standard InChI is InChI=1S/C25H31N5O3/c1-15(2)13-30(14-16(3)4)22-6-5-18(19-9-20(19)25(32)33)8-21(22)29-24(31)7-17-11-27-23(10-26)28-12-17/h5-6,8,11-12,15-16,19-20H,7,9,13-14H2,1-4H3,(H,29,31)(H,32,33)/t19-,20-/m0/s1. The maximum Gasteiger partial charge on any atom is 0.307 e. The van der Waals surface area contributed by atoms with Crippen molar-refractivity contribution in [3.8, 4) is 6.07 Å². The van der Waals surface area contributed by atoms with E-state index in [1.54, 1.807) is 0 Å². The van der Waals surface area contributed by atoms with E-state index in [9.17, 15) is 14.7 Å². The number of aromatic nitrogens is 2. The summed E-state index contributed by atoms with van der Waals surface area (Å²) in [6, 6.07) is 7.77. The lowest BCUT2D eigenvalue weighted by atomic mass is 10.0. The second-order valence-electron chi connectivity index (χ2n) is 9.51. The number of nitriles is 1. The van der Waals surface area contributed by atoms with E-state index in [-0.39, 0.29) is 30.0 Å². The van der Waals surface area contributed by atoms with Crippen LogP contribution in [-0.2, 0) is 16.0 Å². The van der Waals surface area contributed by atoms with E-state index in [0.717, 1.165) is 24.3 Å². The molecule has 1 aliphatic carbocycles. The van der Waals surface area contributed by atoms with Crippen LogP contribution in [0.3, 0.4) is 0 Å². The zero-order valence-electron chi connectivity index (χ0n) is 19.6. The molecular weight excluding hydrogens is 418 g/mol. The van der Waals surface area contributed by atoms with Gasteiger partial charge in [0.15, 0.2) is 0 Å². The molecule has 2 N–H and O–H groups in total. The molecule has 0 saturated heterocycles. The molecule has 0 aliphatic heterocycles. The lowest BCUT2D eigenvalue weighted by molar-refractivity contribution is -0.138. The number of hydrogen-bond acceptors (Lipinski definition) is 6. The quantitative estimate of drug-likeness (QED) is 0.565. The second-order valence-corrected chi connectivity index (χ2v) is 9.51. The van der Waals surface area contributed by atoms with Gasteiger partial charge in [0.05, 0.1) is 23.7 Å². The summed E-state index contributed by atoms with van der Waals surface area (Å²) >= 11 is 0. The predicted molar refractivity (Wildman–Crippen MR) is 126 cm³/mol. The number of carboxylic acid groups (broad SMARTS) is 1. The molecular formula is C25H31N5O3. The van der Waals surface area contributed by atoms with Crippen LogP contribution in [0.25, 0.3) is 0 Å². The Labute approximate surface area is 194 Å². The molecule has 2 aromatic rings. The molecule has 1 amide bonds. The summed E-state index contributed by atoms with van der Waals surface area (Å²) in [5.74, 6) is -0.465. The van der Waals surface area contributed by atoms with Gasteiger partial charge in [0.25, 0.3) is 0 Å². The van der Waals surface area contributed by atoms with Crippen LogP contribution in [-0.4, -0.2) is 40.0 Å². The molecule has 33 heavy (non-hydrogen) atoms. The summed E-state index contributed by atoms with van der Waals surface area (Å²) in [5, 5.41) is 21.2. The summed E-state index contributed by atoms with van der Waals surface area (Å²) in [4.78, 5) is 34.4. The highest BCUT2D eigenvalue weighted by atomic mass is 16.4. The van der Waals surface area contributed by atoms with Gasteiger partial charge in [-0.3, -0.25) is 9.59 Å². The summed E-state index contributed by atoms with van der Waals surface area (Å²) in [6.07, 6.45) is 3.65. The van der Waals surface area contributed by atoms with Crippen LogP contribution in [0.2, 0.25) is 0 Å². The molecule has 1 aromatic heterocycles. The fraction of sp³-hybridized carbons (Fsp3) is 0.480. The Bertz CT molecular complexity index is 1030. The molecule has 8 heteroatoms. The topological polar surface area (TPSA) is 119 Å². The van der Waals surface area contributed by atoms with E-state index in [4.69, 9.17) is 5.26 Å². The van der Waals surface area contributed by atoms with Crippen LogP contribution in [0.1, 0.15) is 57.0 Å².